The van der Waals surface area contributed by atoms with Gasteiger partial charge in [0.15, 0.2) is 0 Å². The molecule has 0 fully saturated rings. The molecule has 168 valence electrons. The molecule has 5 nitrogen and oxygen atoms in total. The van der Waals surface area contributed by atoms with Crippen molar-refractivity contribution < 1.29 is 13.2 Å². The van der Waals surface area contributed by atoms with Crippen molar-refractivity contribution in [1.82, 2.24) is 5.32 Å². The summed E-state index contributed by atoms with van der Waals surface area (Å²) in [7, 11) is -3.95. The molecule has 0 saturated heterocycles. The smallest absolute Gasteiger partial charge is 0.264 e. The van der Waals surface area contributed by atoms with Crippen molar-refractivity contribution >= 4 is 33.2 Å². The minimum absolute atomic E-state index is 0.0809. The second kappa shape index (κ2) is 10.7. The summed E-state index contributed by atoms with van der Waals surface area (Å²) in [6, 6.07) is 21.3. The number of amides is 1. The average molecular weight is 471 g/mol. The predicted octanol–water partition coefficient (Wildman–Crippen LogP) is 4.90. The molecule has 0 heterocycles. The summed E-state index contributed by atoms with van der Waals surface area (Å²) < 4.78 is 27.9. The molecule has 3 aromatic rings. The van der Waals surface area contributed by atoms with Gasteiger partial charge in [0.2, 0.25) is 5.91 Å². The van der Waals surface area contributed by atoms with Crippen LogP contribution in [0.3, 0.4) is 0 Å². The number of nitrogens with one attached hydrogen (secondary N) is 1. The second-order valence-electron chi connectivity index (χ2n) is 7.69. The molecular weight excluding hydrogens is 444 g/mol. The molecule has 32 heavy (non-hydrogen) atoms. The van der Waals surface area contributed by atoms with E-state index in [1.165, 1.54) is 35.4 Å². The van der Waals surface area contributed by atoms with E-state index in [0.717, 1.165) is 22.7 Å². The third-order valence-electron chi connectivity index (χ3n) is 5.16. The summed E-state index contributed by atoms with van der Waals surface area (Å²) in [4.78, 5) is 12.8. The standard InChI is InChI=1S/C25H27ClN2O3S/c1-19-9-11-21(12-10-19)7-5-17-27-25(29)18-28(24-8-4-3-6-20(24)2)32(30,31)23-15-13-22(26)14-16-23/h3-4,6,8-16H,5,7,17-18H2,1-2H3,(H,27,29). The van der Waals surface area contributed by atoms with Crippen LogP contribution in [0.2, 0.25) is 5.02 Å². The van der Waals surface area contributed by atoms with Crippen molar-refractivity contribution in [2.75, 3.05) is 17.4 Å². The SMILES string of the molecule is Cc1ccc(CCCNC(=O)CN(c2ccccc2C)S(=O)(=O)c2ccc(Cl)cc2)cc1. The third kappa shape index (κ3) is 6.11. The van der Waals surface area contributed by atoms with Crippen LogP contribution in [0.4, 0.5) is 5.69 Å². The Hall–Kier alpha value is -2.83. The molecule has 0 aliphatic carbocycles. The van der Waals surface area contributed by atoms with Crippen LogP contribution in [0.1, 0.15) is 23.1 Å². The number of hydrogen-bond acceptors (Lipinski definition) is 3. The first-order valence-electron chi connectivity index (χ1n) is 10.4. The van der Waals surface area contributed by atoms with Crippen LogP contribution < -0.4 is 9.62 Å². The van der Waals surface area contributed by atoms with Gasteiger partial charge in [-0.3, -0.25) is 9.10 Å². The van der Waals surface area contributed by atoms with Gasteiger partial charge in [0.05, 0.1) is 10.6 Å². The first-order valence-corrected chi connectivity index (χ1v) is 12.3. The highest BCUT2D eigenvalue weighted by molar-refractivity contribution is 7.92. The van der Waals surface area contributed by atoms with E-state index < -0.39 is 10.0 Å². The van der Waals surface area contributed by atoms with Gasteiger partial charge in [-0.25, -0.2) is 8.42 Å². The van der Waals surface area contributed by atoms with Gasteiger partial charge in [0.25, 0.3) is 10.0 Å². The molecule has 0 spiro atoms. The Morgan fingerprint density at radius 3 is 2.25 bits per heavy atom. The number of carbonyl (C=O) groups excluding carboxylic acids is 1. The summed E-state index contributed by atoms with van der Waals surface area (Å²) in [5.74, 6) is -0.352. The van der Waals surface area contributed by atoms with E-state index in [2.05, 4.69) is 29.6 Å². The number of rotatable bonds is 9. The fraction of sp³-hybridized carbons (Fsp3) is 0.240. The molecule has 0 saturated carbocycles. The normalized spacial score (nSPS) is 11.2. The van der Waals surface area contributed by atoms with Gasteiger partial charge in [-0.15, -0.1) is 0 Å². The highest BCUT2D eigenvalue weighted by Gasteiger charge is 2.28. The maximum atomic E-state index is 13.4. The molecule has 0 aliphatic rings. The van der Waals surface area contributed by atoms with Gasteiger partial charge in [-0.05, 0) is 68.1 Å². The lowest BCUT2D eigenvalue weighted by atomic mass is 10.1. The predicted molar refractivity (Wildman–Crippen MR) is 130 cm³/mol. The number of aryl methyl sites for hydroxylation is 3. The first kappa shape index (κ1) is 23.8. The number of para-hydroxylation sites is 1. The monoisotopic (exact) mass is 470 g/mol. The molecule has 0 aliphatic heterocycles. The molecule has 0 radical (unpaired) electrons. The first-order chi connectivity index (χ1) is 15.3. The summed E-state index contributed by atoms with van der Waals surface area (Å²) >= 11 is 5.92. The van der Waals surface area contributed by atoms with Crippen LogP contribution in [0.5, 0.6) is 0 Å². The molecule has 1 amide bonds. The maximum Gasteiger partial charge on any atom is 0.264 e. The fourth-order valence-corrected chi connectivity index (χ4v) is 4.95. The Morgan fingerprint density at radius 2 is 1.59 bits per heavy atom. The highest BCUT2D eigenvalue weighted by atomic mass is 35.5. The maximum absolute atomic E-state index is 13.4. The lowest BCUT2D eigenvalue weighted by molar-refractivity contribution is -0.119. The molecule has 0 atom stereocenters. The van der Waals surface area contributed by atoms with E-state index in [9.17, 15) is 13.2 Å². The van der Waals surface area contributed by atoms with Crippen LogP contribution in [-0.4, -0.2) is 27.4 Å². The molecule has 3 rings (SSSR count). The average Bonchev–Trinajstić information content (AvgIpc) is 2.77. The van der Waals surface area contributed by atoms with Gasteiger partial charge >= 0.3 is 0 Å². The summed E-state index contributed by atoms with van der Waals surface area (Å²) in [6.07, 6.45) is 1.61. The van der Waals surface area contributed by atoms with Crippen LogP contribution >= 0.6 is 11.6 Å². The van der Waals surface area contributed by atoms with Crippen LogP contribution in [0, 0.1) is 13.8 Å². The quantitative estimate of drug-likeness (QED) is 0.452. The molecule has 3 aromatic carbocycles. The second-order valence-corrected chi connectivity index (χ2v) is 9.99. The number of carbonyl (C=O) groups is 1. The van der Waals surface area contributed by atoms with E-state index in [-0.39, 0.29) is 17.3 Å². The lowest BCUT2D eigenvalue weighted by Crippen LogP contribution is -2.41. The molecule has 0 bridgehead atoms. The van der Waals surface area contributed by atoms with Gasteiger partial charge in [0.1, 0.15) is 6.54 Å². The Labute approximate surface area is 195 Å². The Bertz CT molecular complexity index is 1160. The Morgan fingerprint density at radius 1 is 0.938 bits per heavy atom. The zero-order valence-corrected chi connectivity index (χ0v) is 19.8. The van der Waals surface area contributed by atoms with E-state index in [1.807, 2.05) is 26.0 Å². The van der Waals surface area contributed by atoms with Gasteiger partial charge < -0.3 is 5.32 Å². The van der Waals surface area contributed by atoms with Crippen molar-refractivity contribution in [3.05, 3.63) is 94.5 Å². The summed E-state index contributed by atoms with van der Waals surface area (Å²) in [6.45, 7) is 4.02. The number of nitrogens with zero attached hydrogens (tertiary/aromatic N) is 1. The summed E-state index contributed by atoms with van der Waals surface area (Å²) in [5.41, 5.74) is 3.64. The highest BCUT2D eigenvalue weighted by Crippen LogP contribution is 2.27. The van der Waals surface area contributed by atoms with E-state index in [0.29, 0.717) is 17.3 Å². The number of benzene rings is 3. The zero-order chi connectivity index (χ0) is 23.1. The minimum atomic E-state index is -3.95. The molecule has 7 heteroatoms. The molecule has 0 unspecified atom stereocenters. The van der Waals surface area contributed by atoms with E-state index in [4.69, 9.17) is 11.6 Å². The molecule has 0 aromatic heterocycles. The van der Waals surface area contributed by atoms with Crippen molar-refractivity contribution in [1.29, 1.82) is 0 Å². The number of anilines is 1. The fourth-order valence-electron chi connectivity index (χ4n) is 3.34. The van der Waals surface area contributed by atoms with Crippen molar-refractivity contribution in [3.63, 3.8) is 0 Å². The van der Waals surface area contributed by atoms with Gasteiger partial charge in [-0.1, -0.05) is 59.6 Å². The van der Waals surface area contributed by atoms with E-state index >= 15 is 0 Å². The molecule has 1 N–H and O–H groups in total. The van der Waals surface area contributed by atoms with E-state index in [1.54, 1.807) is 12.1 Å². The Balaban J connectivity index is 1.71. The topological polar surface area (TPSA) is 66.5 Å². The van der Waals surface area contributed by atoms with Crippen LogP contribution in [0.15, 0.2) is 77.7 Å². The zero-order valence-electron chi connectivity index (χ0n) is 18.2. The lowest BCUT2D eigenvalue weighted by Gasteiger charge is -2.25. The van der Waals surface area contributed by atoms with Gasteiger partial charge in [0, 0.05) is 11.6 Å². The largest absolute Gasteiger partial charge is 0.355 e. The Kier molecular flexibility index (Phi) is 7.94. The van der Waals surface area contributed by atoms with Gasteiger partial charge in [-0.2, -0.15) is 0 Å². The number of hydrogen-bond donors (Lipinski definition) is 1. The third-order valence-corrected chi connectivity index (χ3v) is 7.18. The summed E-state index contributed by atoms with van der Waals surface area (Å²) in [5, 5.41) is 3.29. The van der Waals surface area contributed by atoms with Crippen molar-refractivity contribution in [3.8, 4) is 0 Å². The number of halogens is 1. The van der Waals surface area contributed by atoms with Crippen molar-refractivity contribution in [2.24, 2.45) is 0 Å². The van der Waals surface area contributed by atoms with Crippen LogP contribution in [-0.2, 0) is 21.2 Å². The van der Waals surface area contributed by atoms with Crippen LogP contribution in [0.25, 0.3) is 0 Å². The molecular formula is C25H27ClN2O3S. The minimum Gasteiger partial charge on any atom is -0.355 e. The number of sulfonamides is 1. The van der Waals surface area contributed by atoms with Crippen molar-refractivity contribution in [2.45, 2.75) is 31.6 Å².